The molecule has 2 fully saturated rings. The average molecular weight is 386 g/mol. The minimum Gasteiger partial charge on any atom is -0.363 e. The minimum absolute atomic E-state index is 0.257. The summed E-state index contributed by atoms with van der Waals surface area (Å²) in [4.78, 5) is 6.67. The van der Waals surface area contributed by atoms with Gasteiger partial charge in [-0.2, -0.15) is 4.98 Å². The van der Waals surface area contributed by atoms with E-state index in [0.717, 1.165) is 42.6 Å². The molecule has 0 amide bonds. The van der Waals surface area contributed by atoms with Gasteiger partial charge in [-0.3, -0.25) is 4.90 Å². The van der Waals surface area contributed by atoms with Crippen LogP contribution in [0.3, 0.4) is 0 Å². The van der Waals surface area contributed by atoms with Gasteiger partial charge in [0.15, 0.2) is 11.6 Å². The molecule has 148 valence electrons. The van der Waals surface area contributed by atoms with Gasteiger partial charge in [0.05, 0.1) is 24.5 Å². The lowest BCUT2D eigenvalue weighted by Gasteiger charge is -2.43. The molecular weight excluding hydrogens is 363 g/mol. The molecule has 2 saturated heterocycles. The summed E-state index contributed by atoms with van der Waals surface area (Å²) in [7, 11) is 0. The van der Waals surface area contributed by atoms with Gasteiger partial charge in [-0.25, -0.2) is 4.39 Å². The Morgan fingerprint density at radius 2 is 1.93 bits per heavy atom. The molecule has 8 heteroatoms. The first-order chi connectivity index (χ1) is 13.5. The van der Waals surface area contributed by atoms with Crippen LogP contribution in [0.25, 0.3) is 11.6 Å². The number of rotatable bonds is 2. The zero-order chi connectivity index (χ0) is 19.3. The number of nitrogens with one attached hydrogen (secondary N) is 1. The smallest absolute Gasteiger partial charge is 0.257 e. The maximum Gasteiger partial charge on any atom is 0.257 e. The summed E-state index contributed by atoms with van der Waals surface area (Å²) >= 11 is 0. The van der Waals surface area contributed by atoms with Crippen LogP contribution in [-0.2, 0) is 9.47 Å². The summed E-state index contributed by atoms with van der Waals surface area (Å²) in [6.07, 6.45) is 3.23. The number of halogens is 1. The third kappa shape index (κ3) is 3.01. The monoisotopic (exact) mass is 386 g/mol. The first kappa shape index (κ1) is 17.8. The standard InChI is InChI=1S/C20H23FN4O3/c1-12-9-14-11-15(19-22-13(2)24-28-19)18(23-17(14)16(21)10-12)25-5-3-20(4-6-25)26-7-8-27-20/h9-11,18,23H,3-8H2,1-2H3. The van der Waals surface area contributed by atoms with Crippen molar-refractivity contribution in [1.29, 1.82) is 0 Å². The van der Waals surface area contributed by atoms with Crippen molar-refractivity contribution in [2.24, 2.45) is 0 Å². The Bertz CT molecular complexity index is 926. The van der Waals surface area contributed by atoms with E-state index in [2.05, 4.69) is 20.4 Å². The van der Waals surface area contributed by atoms with E-state index in [4.69, 9.17) is 14.0 Å². The second-order valence-corrected chi connectivity index (χ2v) is 7.65. The van der Waals surface area contributed by atoms with Crippen molar-refractivity contribution in [3.05, 3.63) is 40.8 Å². The summed E-state index contributed by atoms with van der Waals surface area (Å²) in [5.74, 6) is 0.307. The molecule has 1 aromatic carbocycles. The van der Waals surface area contributed by atoms with Crippen LogP contribution < -0.4 is 5.32 Å². The van der Waals surface area contributed by atoms with Crippen LogP contribution in [0.2, 0.25) is 0 Å². The Balaban J connectivity index is 1.49. The molecule has 5 rings (SSSR count). The van der Waals surface area contributed by atoms with Crippen molar-refractivity contribution in [3.8, 4) is 0 Å². The van der Waals surface area contributed by atoms with Crippen molar-refractivity contribution in [3.63, 3.8) is 0 Å². The highest BCUT2D eigenvalue weighted by molar-refractivity contribution is 5.90. The zero-order valence-electron chi connectivity index (χ0n) is 16.0. The van der Waals surface area contributed by atoms with Crippen molar-refractivity contribution >= 4 is 17.3 Å². The second kappa shape index (κ2) is 6.65. The topological polar surface area (TPSA) is 72.7 Å². The highest BCUT2D eigenvalue weighted by atomic mass is 19.1. The number of hydrogen-bond donors (Lipinski definition) is 1. The number of fused-ring (bicyclic) bond motifs is 1. The van der Waals surface area contributed by atoms with Gasteiger partial charge in [-0.05, 0) is 37.6 Å². The van der Waals surface area contributed by atoms with Gasteiger partial charge in [0.2, 0.25) is 0 Å². The molecule has 0 saturated carbocycles. The third-order valence-electron chi connectivity index (χ3n) is 5.66. The molecule has 0 radical (unpaired) electrons. The van der Waals surface area contributed by atoms with E-state index in [1.54, 1.807) is 13.0 Å². The number of aromatic nitrogens is 2. The normalized spacial score (nSPS) is 24.1. The van der Waals surface area contributed by atoms with Gasteiger partial charge >= 0.3 is 0 Å². The first-order valence-electron chi connectivity index (χ1n) is 9.64. The lowest BCUT2D eigenvalue weighted by molar-refractivity contribution is -0.186. The quantitative estimate of drug-likeness (QED) is 0.851. The maximum atomic E-state index is 14.6. The van der Waals surface area contributed by atoms with E-state index in [9.17, 15) is 4.39 Å². The molecule has 0 bridgehead atoms. The fourth-order valence-corrected chi connectivity index (χ4v) is 4.29. The lowest BCUT2D eigenvalue weighted by Crippen LogP contribution is -2.52. The van der Waals surface area contributed by atoms with E-state index >= 15 is 0 Å². The molecule has 1 unspecified atom stereocenters. The van der Waals surface area contributed by atoms with Gasteiger partial charge in [0, 0.05) is 31.5 Å². The van der Waals surface area contributed by atoms with Crippen LogP contribution in [-0.4, -0.2) is 53.3 Å². The molecule has 1 aromatic heterocycles. The zero-order valence-corrected chi connectivity index (χ0v) is 16.0. The van der Waals surface area contributed by atoms with E-state index < -0.39 is 5.79 Å². The van der Waals surface area contributed by atoms with E-state index in [1.165, 1.54) is 0 Å². The molecule has 1 atom stereocenters. The second-order valence-electron chi connectivity index (χ2n) is 7.65. The lowest BCUT2D eigenvalue weighted by atomic mass is 9.96. The average Bonchev–Trinajstić information content (AvgIpc) is 3.31. The van der Waals surface area contributed by atoms with Crippen molar-refractivity contribution in [2.75, 3.05) is 31.6 Å². The SMILES string of the molecule is Cc1cc(F)c2c(c1)C=C(c1nc(C)no1)C(N1CCC3(CC1)OCCO3)N2. The van der Waals surface area contributed by atoms with Crippen molar-refractivity contribution in [1.82, 2.24) is 15.0 Å². The maximum absolute atomic E-state index is 14.6. The summed E-state index contributed by atoms with van der Waals surface area (Å²) in [5.41, 5.74) is 3.01. The Labute approximate surface area is 162 Å². The summed E-state index contributed by atoms with van der Waals surface area (Å²) in [6.45, 7) is 6.47. The highest BCUT2D eigenvalue weighted by Crippen LogP contribution is 2.38. The number of hydrogen-bond acceptors (Lipinski definition) is 7. The van der Waals surface area contributed by atoms with Crippen LogP contribution in [0.1, 0.15) is 35.7 Å². The molecule has 2 aromatic rings. The molecular formula is C20H23FN4O3. The molecule has 7 nitrogen and oxygen atoms in total. The van der Waals surface area contributed by atoms with Gasteiger partial charge < -0.3 is 19.3 Å². The predicted octanol–water partition coefficient (Wildman–Crippen LogP) is 2.96. The summed E-state index contributed by atoms with van der Waals surface area (Å²) in [5, 5.41) is 7.31. The summed E-state index contributed by atoms with van der Waals surface area (Å²) in [6, 6.07) is 3.50. The largest absolute Gasteiger partial charge is 0.363 e. The van der Waals surface area contributed by atoms with Gasteiger partial charge in [0.1, 0.15) is 12.0 Å². The molecule has 28 heavy (non-hydrogen) atoms. The van der Waals surface area contributed by atoms with Gasteiger partial charge in [-0.15, -0.1) is 0 Å². The van der Waals surface area contributed by atoms with Crippen LogP contribution in [0, 0.1) is 19.7 Å². The van der Waals surface area contributed by atoms with E-state index in [0.29, 0.717) is 30.6 Å². The number of benzene rings is 1. The molecule has 0 aliphatic carbocycles. The van der Waals surface area contributed by atoms with Crippen molar-refractivity contribution < 1.29 is 18.4 Å². The first-order valence-corrected chi connectivity index (χ1v) is 9.64. The summed E-state index contributed by atoms with van der Waals surface area (Å²) < 4.78 is 31.8. The van der Waals surface area contributed by atoms with Gasteiger partial charge in [0.25, 0.3) is 5.89 Å². The Morgan fingerprint density at radius 1 is 1.18 bits per heavy atom. The van der Waals surface area contributed by atoms with Crippen molar-refractivity contribution in [2.45, 2.75) is 38.6 Å². The third-order valence-corrected chi connectivity index (χ3v) is 5.66. The predicted molar refractivity (Wildman–Crippen MR) is 101 cm³/mol. The number of likely N-dealkylation sites (tertiary alicyclic amines) is 1. The fraction of sp³-hybridized carbons (Fsp3) is 0.500. The number of ether oxygens (including phenoxy) is 2. The van der Waals surface area contributed by atoms with Crippen LogP contribution in [0.5, 0.6) is 0 Å². The number of aryl methyl sites for hydroxylation is 2. The number of piperidine rings is 1. The van der Waals surface area contributed by atoms with E-state index in [-0.39, 0.29) is 12.0 Å². The highest BCUT2D eigenvalue weighted by Gasteiger charge is 2.43. The molecule has 1 spiro atoms. The van der Waals surface area contributed by atoms with Crippen LogP contribution in [0.4, 0.5) is 10.1 Å². The Morgan fingerprint density at radius 3 is 2.61 bits per heavy atom. The molecule has 3 aliphatic rings. The van der Waals surface area contributed by atoms with Crippen LogP contribution in [0.15, 0.2) is 16.7 Å². The Kier molecular flexibility index (Phi) is 4.22. The molecule has 4 heterocycles. The number of nitrogens with zero attached hydrogens (tertiary/aromatic N) is 3. The van der Waals surface area contributed by atoms with Crippen LogP contribution >= 0.6 is 0 Å². The molecule has 3 aliphatic heterocycles. The van der Waals surface area contributed by atoms with Gasteiger partial charge in [-0.1, -0.05) is 5.16 Å². The fourth-order valence-electron chi connectivity index (χ4n) is 4.29. The molecule has 1 N–H and O–H groups in total. The Hall–Kier alpha value is -2.29. The minimum atomic E-state index is -0.462. The van der Waals surface area contributed by atoms with E-state index in [1.807, 2.05) is 19.1 Å². The number of anilines is 1.